The van der Waals surface area contributed by atoms with Crippen molar-refractivity contribution in [1.29, 1.82) is 0 Å². The molecule has 0 saturated heterocycles. The molecule has 0 aliphatic carbocycles. The molecule has 3 amide bonds. The van der Waals surface area contributed by atoms with E-state index in [1.807, 2.05) is 0 Å². The summed E-state index contributed by atoms with van der Waals surface area (Å²) in [5, 5.41) is 6.02. The maximum absolute atomic E-state index is 12.9. The number of nitrogens with one attached hydrogen (secondary N) is 2. The highest BCUT2D eigenvalue weighted by atomic mass is 35.5. The molecular weight excluding hydrogens is 438 g/mol. The monoisotopic (exact) mass is 457 g/mol. The minimum absolute atomic E-state index is 0.0913. The molecule has 0 saturated carbocycles. The lowest BCUT2D eigenvalue weighted by Gasteiger charge is -2.32. The van der Waals surface area contributed by atoms with Gasteiger partial charge >= 0.3 is 12.0 Å². The minimum atomic E-state index is -0.688. The molecule has 1 atom stereocenters. The van der Waals surface area contributed by atoms with Gasteiger partial charge in [0.05, 0.1) is 31.5 Å². The number of benzene rings is 2. The zero-order valence-electron chi connectivity index (χ0n) is 17.3. The Labute approximate surface area is 188 Å². The lowest BCUT2D eigenvalue weighted by Crippen LogP contribution is -2.49. The zero-order chi connectivity index (χ0) is 22.8. The van der Waals surface area contributed by atoms with Crippen LogP contribution in [0.5, 0.6) is 11.5 Å². The summed E-state index contributed by atoms with van der Waals surface area (Å²) >= 11 is 5.94. The number of ether oxygens (including phenoxy) is 3. The molecule has 2 heterocycles. The van der Waals surface area contributed by atoms with Crippen molar-refractivity contribution in [3.05, 3.63) is 64.3 Å². The average Bonchev–Trinajstić information content (AvgIpc) is 3.17. The van der Waals surface area contributed by atoms with Crippen LogP contribution in [0.2, 0.25) is 5.02 Å². The van der Waals surface area contributed by atoms with E-state index >= 15 is 0 Å². The van der Waals surface area contributed by atoms with E-state index in [0.29, 0.717) is 39.0 Å². The normalized spacial score (nSPS) is 17.5. The number of cyclic esters (lactones) is 1. The maximum Gasteiger partial charge on any atom is 0.338 e. The van der Waals surface area contributed by atoms with E-state index in [-0.39, 0.29) is 13.2 Å². The van der Waals surface area contributed by atoms with Crippen LogP contribution in [-0.4, -0.2) is 50.2 Å². The van der Waals surface area contributed by atoms with Crippen LogP contribution in [0.25, 0.3) is 0 Å². The number of nitrogens with zero attached hydrogens (tertiary/aromatic N) is 1. The minimum Gasteiger partial charge on any atom is -0.497 e. The first-order valence-corrected chi connectivity index (χ1v) is 10.0. The lowest BCUT2D eigenvalue weighted by atomic mass is 9.96. The predicted octanol–water partition coefficient (Wildman–Crippen LogP) is 2.87. The Kier molecular flexibility index (Phi) is 5.91. The number of rotatable bonds is 6. The highest BCUT2D eigenvalue weighted by Gasteiger charge is 2.42. The molecule has 166 valence electrons. The quantitative estimate of drug-likeness (QED) is 0.646. The summed E-state index contributed by atoms with van der Waals surface area (Å²) in [4.78, 5) is 39.2. The molecule has 32 heavy (non-hydrogen) atoms. The SMILES string of the molecule is COc1cc(NC(=O)CN2C(=O)N[C@@H](c3ccc(Cl)cc3)C3=C2COC3=O)cc(OC)c1. The first-order valence-electron chi connectivity index (χ1n) is 9.66. The highest BCUT2D eigenvalue weighted by Crippen LogP contribution is 2.35. The molecule has 0 unspecified atom stereocenters. The fourth-order valence-corrected chi connectivity index (χ4v) is 3.73. The molecule has 2 aliphatic rings. The van der Waals surface area contributed by atoms with Gasteiger partial charge in [-0.1, -0.05) is 23.7 Å². The molecule has 2 aromatic carbocycles. The number of esters is 1. The molecule has 0 aromatic heterocycles. The smallest absolute Gasteiger partial charge is 0.338 e. The second-order valence-electron chi connectivity index (χ2n) is 7.11. The summed E-state index contributed by atoms with van der Waals surface area (Å²) in [5.74, 6) is -0.00333. The number of methoxy groups -OCH3 is 2. The first-order chi connectivity index (χ1) is 15.4. The third kappa shape index (κ3) is 4.19. The number of hydrogen-bond acceptors (Lipinski definition) is 6. The third-order valence-corrected chi connectivity index (χ3v) is 5.39. The highest BCUT2D eigenvalue weighted by molar-refractivity contribution is 6.30. The van der Waals surface area contributed by atoms with Crippen molar-refractivity contribution in [2.75, 3.05) is 32.7 Å². The van der Waals surface area contributed by atoms with Crippen LogP contribution >= 0.6 is 11.6 Å². The molecule has 2 N–H and O–H groups in total. The van der Waals surface area contributed by atoms with Gasteiger partial charge in [0.25, 0.3) is 0 Å². The van der Waals surface area contributed by atoms with Crippen LogP contribution in [0, 0.1) is 0 Å². The standard InChI is InChI=1S/C22H20ClN3O6/c1-30-15-7-14(8-16(9-15)31-2)24-18(27)10-26-17-11-32-21(28)19(17)20(25-22(26)29)12-3-5-13(23)6-4-12/h3-9,20H,10-11H2,1-2H3,(H,24,27)(H,25,29)/t20-/m0/s1. The van der Waals surface area contributed by atoms with E-state index in [1.165, 1.54) is 19.1 Å². The van der Waals surface area contributed by atoms with Gasteiger partial charge in [0.15, 0.2) is 0 Å². The van der Waals surface area contributed by atoms with Gasteiger partial charge in [-0.05, 0) is 17.7 Å². The molecule has 0 bridgehead atoms. The van der Waals surface area contributed by atoms with Crippen molar-refractivity contribution in [2.24, 2.45) is 0 Å². The molecule has 2 aromatic rings. The summed E-state index contributed by atoms with van der Waals surface area (Å²) in [6.45, 7) is -0.403. The number of halogens is 1. The maximum atomic E-state index is 12.9. The van der Waals surface area contributed by atoms with Crippen LogP contribution in [0.1, 0.15) is 11.6 Å². The van der Waals surface area contributed by atoms with Crippen LogP contribution in [0.3, 0.4) is 0 Å². The van der Waals surface area contributed by atoms with E-state index in [0.717, 1.165) is 0 Å². The summed E-state index contributed by atoms with van der Waals surface area (Å²) in [7, 11) is 3.00. The Morgan fingerprint density at radius 1 is 1.16 bits per heavy atom. The van der Waals surface area contributed by atoms with Gasteiger partial charge in [0.1, 0.15) is 24.7 Å². The van der Waals surface area contributed by atoms with Gasteiger partial charge < -0.3 is 24.8 Å². The van der Waals surface area contributed by atoms with Crippen molar-refractivity contribution < 1.29 is 28.6 Å². The molecule has 0 radical (unpaired) electrons. The molecule has 0 spiro atoms. The van der Waals surface area contributed by atoms with Crippen LogP contribution in [-0.2, 0) is 14.3 Å². The average molecular weight is 458 g/mol. The van der Waals surface area contributed by atoms with Gasteiger partial charge in [-0.15, -0.1) is 0 Å². The van der Waals surface area contributed by atoms with E-state index < -0.39 is 23.9 Å². The Morgan fingerprint density at radius 2 is 1.81 bits per heavy atom. The predicted molar refractivity (Wildman–Crippen MR) is 116 cm³/mol. The van der Waals surface area contributed by atoms with Gasteiger partial charge in [-0.25, -0.2) is 9.59 Å². The second kappa shape index (κ2) is 8.80. The number of anilines is 1. The number of urea groups is 1. The summed E-state index contributed by atoms with van der Waals surface area (Å²) in [6, 6.07) is 10.5. The first kappa shape index (κ1) is 21.5. The molecular formula is C22H20ClN3O6. The molecule has 0 fully saturated rings. The van der Waals surface area contributed by atoms with Crippen LogP contribution < -0.4 is 20.1 Å². The molecule has 2 aliphatic heterocycles. The largest absolute Gasteiger partial charge is 0.497 e. The van der Waals surface area contributed by atoms with Gasteiger partial charge in [-0.3, -0.25) is 9.69 Å². The molecule has 10 heteroatoms. The zero-order valence-corrected chi connectivity index (χ0v) is 18.1. The van der Waals surface area contributed by atoms with Crippen LogP contribution in [0.15, 0.2) is 53.7 Å². The third-order valence-electron chi connectivity index (χ3n) is 5.14. The number of carbonyl (C=O) groups is 3. The number of amides is 3. The lowest BCUT2D eigenvalue weighted by molar-refractivity contribution is -0.136. The Morgan fingerprint density at radius 3 is 2.44 bits per heavy atom. The van der Waals surface area contributed by atoms with E-state index in [4.69, 9.17) is 25.8 Å². The number of hydrogen-bond donors (Lipinski definition) is 2. The Balaban J connectivity index is 1.57. The topological polar surface area (TPSA) is 106 Å². The Bertz CT molecular complexity index is 1090. The second-order valence-corrected chi connectivity index (χ2v) is 7.54. The molecule has 4 rings (SSSR count). The van der Waals surface area contributed by atoms with Crippen molar-refractivity contribution in [2.45, 2.75) is 6.04 Å². The van der Waals surface area contributed by atoms with E-state index in [9.17, 15) is 14.4 Å². The van der Waals surface area contributed by atoms with E-state index in [1.54, 1.807) is 42.5 Å². The van der Waals surface area contributed by atoms with Crippen molar-refractivity contribution in [1.82, 2.24) is 10.2 Å². The van der Waals surface area contributed by atoms with Gasteiger partial charge in [0.2, 0.25) is 5.91 Å². The van der Waals surface area contributed by atoms with Crippen molar-refractivity contribution >= 4 is 35.2 Å². The van der Waals surface area contributed by atoms with Crippen molar-refractivity contribution in [3.63, 3.8) is 0 Å². The fourth-order valence-electron chi connectivity index (χ4n) is 3.61. The summed E-state index contributed by atoms with van der Waals surface area (Å²) in [6.07, 6.45) is 0. The van der Waals surface area contributed by atoms with Crippen LogP contribution in [0.4, 0.5) is 10.5 Å². The summed E-state index contributed by atoms with van der Waals surface area (Å²) in [5.41, 5.74) is 1.78. The molecule has 9 nitrogen and oxygen atoms in total. The van der Waals surface area contributed by atoms with Gasteiger partial charge in [0, 0.05) is 28.9 Å². The van der Waals surface area contributed by atoms with E-state index in [2.05, 4.69) is 10.6 Å². The Hall–Kier alpha value is -3.72. The fraction of sp³-hybridized carbons (Fsp3) is 0.227. The number of carbonyl (C=O) groups excluding carboxylic acids is 3. The van der Waals surface area contributed by atoms with Crippen molar-refractivity contribution in [3.8, 4) is 11.5 Å². The summed E-state index contributed by atoms with van der Waals surface area (Å²) < 4.78 is 15.6. The van der Waals surface area contributed by atoms with Gasteiger partial charge in [-0.2, -0.15) is 0 Å².